The van der Waals surface area contributed by atoms with Crippen LogP contribution in [0.4, 0.5) is 0 Å². The second-order valence-corrected chi connectivity index (χ2v) is 7.98. The lowest BCUT2D eigenvalue weighted by Crippen LogP contribution is -2.40. The van der Waals surface area contributed by atoms with Crippen LogP contribution in [0.25, 0.3) is 0 Å². The highest BCUT2D eigenvalue weighted by atomic mass is 35.5. The summed E-state index contributed by atoms with van der Waals surface area (Å²) in [5.74, 6) is 0. The average molecular weight is 288 g/mol. The molecule has 1 N–H and O–H groups in total. The first kappa shape index (κ1) is 13.3. The van der Waals surface area contributed by atoms with Gasteiger partial charge in [0.2, 0.25) is 10.0 Å². The molecule has 3 nitrogen and oxygen atoms in total. The molecule has 0 saturated carbocycles. The van der Waals surface area contributed by atoms with Gasteiger partial charge in [0.25, 0.3) is 0 Å². The van der Waals surface area contributed by atoms with Crippen LogP contribution in [0.15, 0.2) is 11.0 Å². The van der Waals surface area contributed by atoms with Crippen LogP contribution in [0.3, 0.4) is 0 Å². The van der Waals surface area contributed by atoms with Crippen LogP contribution in [-0.4, -0.2) is 14.0 Å². The Morgan fingerprint density at radius 2 is 1.87 bits per heavy atom. The molecule has 0 atom stereocenters. The van der Waals surface area contributed by atoms with Crippen molar-refractivity contribution in [3.05, 3.63) is 14.7 Å². The quantitative estimate of drug-likeness (QED) is 0.908. The topological polar surface area (TPSA) is 46.2 Å². The highest BCUT2D eigenvalue weighted by molar-refractivity contribution is 7.89. The number of nitrogens with one attached hydrogen (secondary N) is 1. The third kappa shape index (κ3) is 3.60. The maximum atomic E-state index is 11.8. The van der Waals surface area contributed by atoms with Gasteiger partial charge in [-0.25, -0.2) is 13.1 Å². The molecule has 0 aliphatic rings. The van der Waals surface area contributed by atoms with Crippen molar-refractivity contribution in [3.63, 3.8) is 0 Å². The Morgan fingerprint density at radius 1 is 1.33 bits per heavy atom. The van der Waals surface area contributed by atoms with E-state index in [0.717, 1.165) is 11.3 Å². The van der Waals surface area contributed by atoms with E-state index in [2.05, 4.69) is 4.72 Å². The van der Waals surface area contributed by atoms with E-state index in [4.69, 9.17) is 23.2 Å². The molecule has 1 rings (SSSR count). The summed E-state index contributed by atoms with van der Waals surface area (Å²) in [7, 11) is -3.58. The predicted molar refractivity (Wildman–Crippen MR) is 64.4 cm³/mol. The molecule has 1 aromatic heterocycles. The monoisotopic (exact) mass is 287 g/mol. The number of hydrogen-bond donors (Lipinski definition) is 1. The molecule has 0 radical (unpaired) electrons. The van der Waals surface area contributed by atoms with Crippen LogP contribution >= 0.6 is 34.5 Å². The summed E-state index contributed by atoms with van der Waals surface area (Å²) in [6, 6.07) is 1.35. The highest BCUT2D eigenvalue weighted by Crippen LogP contribution is 2.34. The number of halogens is 2. The SMILES string of the molecule is CC(C)(C)NS(=O)(=O)c1cc(Cl)sc1Cl. The number of thiophene rings is 1. The average Bonchev–Trinajstić information content (AvgIpc) is 2.24. The van der Waals surface area contributed by atoms with E-state index in [1.54, 1.807) is 20.8 Å². The molecule has 0 aliphatic carbocycles. The van der Waals surface area contributed by atoms with E-state index in [1.165, 1.54) is 6.07 Å². The van der Waals surface area contributed by atoms with Crippen molar-refractivity contribution >= 4 is 44.6 Å². The fraction of sp³-hybridized carbons (Fsp3) is 0.500. The van der Waals surface area contributed by atoms with Gasteiger partial charge in [0.1, 0.15) is 9.23 Å². The molecule has 0 amide bonds. The van der Waals surface area contributed by atoms with Gasteiger partial charge in [0.15, 0.2) is 0 Å². The fourth-order valence-corrected chi connectivity index (χ4v) is 4.54. The van der Waals surface area contributed by atoms with Crippen LogP contribution in [0.5, 0.6) is 0 Å². The number of rotatable bonds is 2. The van der Waals surface area contributed by atoms with Gasteiger partial charge >= 0.3 is 0 Å². The second kappa shape index (κ2) is 4.22. The Balaban J connectivity index is 3.13. The van der Waals surface area contributed by atoms with Crippen LogP contribution in [-0.2, 0) is 10.0 Å². The summed E-state index contributed by atoms with van der Waals surface area (Å²) >= 11 is 12.5. The van der Waals surface area contributed by atoms with E-state index < -0.39 is 15.6 Å². The lowest BCUT2D eigenvalue weighted by atomic mass is 10.1. The highest BCUT2D eigenvalue weighted by Gasteiger charge is 2.25. The zero-order chi connectivity index (χ0) is 11.9. The Hall–Kier alpha value is 0.190. The third-order valence-corrected chi connectivity index (χ3v) is 4.87. The Kier molecular flexibility index (Phi) is 3.73. The molecule has 0 saturated heterocycles. The van der Waals surface area contributed by atoms with E-state index in [9.17, 15) is 8.42 Å². The van der Waals surface area contributed by atoms with E-state index >= 15 is 0 Å². The van der Waals surface area contributed by atoms with Crippen LogP contribution in [0.2, 0.25) is 8.67 Å². The summed E-state index contributed by atoms with van der Waals surface area (Å²) in [5.41, 5.74) is -0.545. The van der Waals surface area contributed by atoms with Crippen molar-refractivity contribution in [3.8, 4) is 0 Å². The van der Waals surface area contributed by atoms with Gasteiger partial charge < -0.3 is 0 Å². The smallest absolute Gasteiger partial charge is 0.207 e. The molecular formula is C8H11Cl2NO2S2. The van der Waals surface area contributed by atoms with Crippen molar-refractivity contribution in [2.75, 3.05) is 0 Å². The number of sulfonamides is 1. The van der Waals surface area contributed by atoms with Crippen molar-refractivity contribution in [2.45, 2.75) is 31.2 Å². The fourth-order valence-electron chi connectivity index (χ4n) is 0.966. The molecule has 1 heterocycles. The largest absolute Gasteiger partial charge is 0.243 e. The standard InChI is InChI=1S/C8H11Cl2NO2S2/c1-8(2,3)11-15(12,13)5-4-6(9)14-7(5)10/h4,11H,1-3H3. The van der Waals surface area contributed by atoms with Gasteiger partial charge in [-0.1, -0.05) is 23.2 Å². The lowest BCUT2D eigenvalue weighted by Gasteiger charge is -2.19. The molecular weight excluding hydrogens is 277 g/mol. The zero-order valence-corrected chi connectivity index (χ0v) is 11.6. The van der Waals surface area contributed by atoms with E-state index in [-0.39, 0.29) is 9.23 Å². The van der Waals surface area contributed by atoms with E-state index in [1.807, 2.05) is 0 Å². The molecule has 0 aromatic carbocycles. The van der Waals surface area contributed by atoms with Gasteiger partial charge in [-0.05, 0) is 26.8 Å². The maximum Gasteiger partial charge on any atom is 0.243 e. The number of hydrogen-bond acceptors (Lipinski definition) is 3. The summed E-state index contributed by atoms with van der Waals surface area (Å²) in [6.07, 6.45) is 0. The summed E-state index contributed by atoms with van der Waals surface area (Å²) in [5, 5.41) is 0. The second-order valence-electron chi connectivity index (χ2n) is 4.04. The molecule has 7 heteroatoms. The van der Waals surface area contributed by atoms with Gasteiger partial charge in [-0.2, -0.15) is 0 Å². The Labute approximate surface area is 103 Å². The van der Waals surface area contributed by atoms with Crippen LogP contribution in [0.1, 0.15) is 20.8 Å². The van der Waals surface area contributed by atoms with Gasteiger partial charge in [-0.15, -0.1) is 11.3 Å². The molecule has 0 fully saturated rings. The first-order chi connectivity index (χ1) is 6.62. The van der Waals surface area contributed by atoms with Crippen LogP contribution in [0, 0.1) is 0 Å². The first-order valence-electron chi connectivity index (χ1n) is 4.11. The minimum absolute atomic E-state index is 0.0362. The summed E-state index contributed by atoms with van der Waals surface area (Å²) in [4.78, 5) is 0.0362. The predicted octanol–water partition coefficient (Wildman–Crippen LogP) is 3.13. The van der Waals surface area contributed by atoms with Gasteiger partial charge in [0.05, 0.1) is 4.34 Å². The molecule has 0 unspecified atom stereocenters. The normalized spacial score (nSPS) is 13.1. The molecule has 0 spiro atoms. The molecule has 15 heavy (non-hydrogen) atoms. The zero-order valence-electron chi connectivity index (χ0n) is 8.47. The molecule has 1 aromatic rings. The summed E-state index contributed by atoms with van der Waals surface area (Å²) in [6.45, 7) is 5.27. The minimum Gasteiger partial charge on any atom is -0.207 e. The third-order valence-electron chi connectivity index (χ3n) is 1.36. The van der Waals surface area contributed by atoms with Crippen LogP contribution < -0.4 is 4.72 Å². The van der Waals surface area contributed by atoms with Gasteiger partial charge in [0, 0.05) is 5.54 Å². The van der Waals surface area contributed by atoms with Crippen molar-refractivity contribution < 1.29 is 8.42 Å². The van der Waals surface area contributed by atoms with Crippen molar-refractivity contribution in [1.82, 2.24) is 4.72 Å². The first-order valence-corrected chi connectivity index (χ1v) is 7.16. The molecule has 0 aliphatic heterocycles. The molecule has 86 valence electrons. The summed E-state index contributed by atoms with van der Waals surface area (Å²) < 4.78 is 26.7. The Morgan fingerprint density at radius 3 is 2.20 bits per heavy atom. The van der Waals surface area contributed by atoms with Gasteiger partial charge in [-0.3, -0.25) is 0 Å². The van der Waals surface area contributed by atoms with Crippen molar-refractivity contribution in [1.29, 1.82) is 0 Å². The lowest BCUT2D eigenvalue weighted by molar-refractivity contribution is 0.491. The molecule has 0 bridgehead atoms. The Bertz CT molecular complexity index is 459. The van der Waals surface area contributed by atoms with E-state index in [0.29, 0.717) is 4.34 Å². The van der Waals surface area contributed by atoms with Crippen molar-refractivity contribution in [2.24, 2.45) is 0 Å². The maximum absolute atomic E-state index is 11.8. The minimum atomic E-state index is -3.58.